The maximum Gasteiger partial charge on any atom is 0.305 e. The minimum Gasteiger partial charge on any atom is -0.466 e. The van der Waals surface area contributed by atoms with Crippen LogP contribution in [0.5, 0.6) is 0 Å². The van der Waals surface area contributed by atoms with Crippen molar-refractivity contribution in [2.24, 2.45) is 0 Å². The summed E-state index contributed by atoms with van der Waals surface area (Å²) < 4.78 is 16.7. The lowest BCUT2D eigenvalue weighted by atomic mass is 9.99. The van der Waals surface area contributed by atoms with E-state index in [-0.39, 0.29) is 18.5 Å². The number of rotatable bonds is 56. The van der Waals surface area contributed by atoms with E-state index in [1.807, 2.05) is 6.08 Å². The van der Waals surface area contributed by atoms with E-state index < -0.39 is 49.5 Å². The van der Waals surface area contributed by atoms with Gasteiger partial charge in [-0.15, -0.1) is 0 Å². The maximum atomic E-state index is 13.1. The standard InChI is InChI=1S/C66H121NO10/c1-3-5-7-9-11-13-15-16-29-33-36-40-44-48-52-59(69)58(57-76-66-65(74)64(73)63(72)60(56-68)77-66)67-61(70)53-49-45-41-37-34-30-27-25-23-21-19-17-18-20-22-24-26-28-31-35-39-43-47-51-55-75-62(71)54-50-46-42-38-32-14-12-10-8-6-4-2/h10,12,19,21,33,36,48,52,58-60,63-66,68-69,72-74H,3-9,11,13-18,20,22-32,34-35,37-47,49-51,53-57H2,1-2H3,(H,67,70)/b12-10-,21-19-,36-33+,52-48+. The van der Waals surface area contributed by atoms with E-state index in [0.717, 1.165) is 70.6 Å². The van der Waals surface area contributed by atoms with Gasteiger partial charge < -0.3 is 45.1 Å². The molecule has 0 spiro atoms. The molecule has 1 aliphatic rings. The highest BCUT2D eigenvalue weighted by molar-refractivity contribution is 5.76. The molecule has 1 saturated heterocycles. The normalized spacial score (nSPS) is 18.9. The number of amides is 1. The van der Waals surface area contributed by atoms with Crippen LogP contribution in [0.15, 0.2) is 48.6 Å². The summed E-state index contributed by atoms with van der Waals surface area (Å²) in [7, 11) is 0. The summed E-state index contributed by atoms with van der Waals surface area (Å²) in [5.41, 5.74) is 0. The third-order valence-corrected chi connectivity index (χ3v) is 15.1. The van der Waals surface area contributed by atoms with E-state index in [1.165, 1.54) is 199 Å². The predicted molar refractivity (Wildman–Crippen MR) is 320 cm³/mol. The Morgan fingerprint density at radius 2 is 0.857 bits per heavy atom. The maximum absolute atomic E-state index is 13.1. The van der Waals surface area contributed by atoms with Gasteiger partial charge in [0.15, 0.2) is 6.29 Å². The van der Waals surface area contributed by atoms with Gasteiger partial charge in [0.25, 0.3) is 0 Å². The van der Waals surface area contributed by atoms with E-state index in [2.05, 4.69) is 55.6 Å². The van der Waals surface area contributed by atoms with Gasteiger partial charge in [-0.25, -0.2) is 0 Å². The smallest absolute Gasteiger partial charge is 0.305 e. The first-order valence-corrected chi connectivity index (χ1v) is 32.4. The van der Waals surface area contributed by atoms with Crippen molar-refractivity contribution in [3.63, 3.8) is 0 Å². The molecule has 7 atom stereocenters. The van der Waals surface area contributed by atoms with Crippen molar-refractivity contribution >= 4 is 11.9 Å². The Hall–Kier alpha value is -2.38. The van der Waals surface area contributed by atoms with Crippen LogP contribution < -0.4 is 5.32 Å². The molecule has 11 heteroatoms. The van der Waals surface area contributed by atoms with E-state index in [4.69, 9.17) is 14.2 Å². The molecule has 77 heavy (non-hydrogen) atoms. The van der Waals surface area contributed by atoms with Crippen molar-refractivity contribution in [2.75, 3.05) is 19.8 Å². The van der Waals surface area contributed by atoms with Crippen molar-refractivity contribution < 1.29 is 49.3 Å². The molecular weight excluding hydrogens is 967 g/mol. The second kappa shape index (κ2) is 55.5. The molecule has 1 heterocycles. The fourth-order valence-corrected chi connectivity index (χ4v) is 9.96. The molecule has 1 amide bonds. The summed E-state index contributed by atoms with van der Waals surface area (Å²) >= 11 is 0. The number of unbranched alkanes of at least 4 members (excludes halogenated alkanes) is 36. The Balaban J connectivity index is 2.06. The lowest BCUT2D eigenvalue weighted by molar-refractivity contribution is -0.302. The molecule has 0 bridgehead atoms. The second-order valence-corrected chi connectivity index (χ2v) is 22.4. The van der Waals surface area contributed by atoms with Crippen molar-refractivity contribution in [3.8, 4) is 0 Å². The Morgan fingerprint density at radius 1 is 0.468 bits per heavy atom. The van der Waals surface area contributed by atoms with E-state index in [1.54, 1.807) is 6.08 Å². The molecule has 1 aliphatic heterocycles. The van der Waals surface area contributed by atoms with Crippen molar-refractivity contribution in [3.05, 3.63) is 48.6 Å². The third-order valence-electron chi connectivity index (χ3n) is 15.1. The first-order chi connectivity index (χ1) is 37.7. The molecule has 0 radical (unpaired) electrons. The van der Waals surface area contributed by atoms with Crippen LogP contribution in [0.3, 0.4) is 0 Å². The minimum atomic E-state index is -1.58. The first kappa shape index (κ1) is 72.6. The molecule has 6 N–H and O–H groups in total. The summed E-state index contributed by atoms with van der Waals surface area (Å²) in [6.07, 6.45) is 60.7. The van der Waals surface area contributed by atoms with Crippen LogP contribution in [0.4, 0.5) is 0 Å². The second-order valence-electron chi connectivity index (χ2n) is 22.4. The summed E-state index contributed by atoms with van der Waals surface area (Å²) in [6, 6.07) is -0.832. The van der Waals surface area contributed by atoms with Gasteiger partial charge in [-0.3, -0.25) is 9.59 Å². The predicted octanol–water partition coefficient (Wildman–Crippen LogP) is 15.6. The van der Waals surface area contributed by atoms with E-state index in [9.17, 15) is 35.1 Å². The fraction of sp³-hybridized carbons (Fsp3) is 0.848. The molecule has 0 aromatic heterocycles. The number of nitrogens with one attached hydrogen (secondary N) is 1. The number of esters is 1. The van der Waals surface area contributed by atoms with Crippen molar-refractivity contribution in [1.29, 1.82) is 0 Å². The van der Waals surface area contributed by atoms with Gasteiger partial charge in [0, 0.05) is 12.8 Å². The van der Waals surface area contributed by atoms with E-state index >= 15 is 0 Å². The van der Waals surface area contributed by atoms with Gasteiger partial charge in [0.1, 0.15) is 24.4 Å². The summed E-state index contributed by atoms with van der Waals surface area (Å²) in [5.74, 6) is -0.207. The van der Waals surface area contributed by atoms with Gasteiger partial charge in [-0.2, -0.15) is 0 Å². The molecule has 0 saturated carbocycles. The van der Waals surface area contributed by atoms with Gasteiger partial charge >= 0.3 is 5.97 Å². The number of hydrogen-bond donors (Lipinski definition) is 6. The third kappa shape index (κ3) is 45.0. The Morgan fingerprint density at radius 3 is 1.32 bits per heavy atom. The quantitative estimate of drug-likeness (QED) is 0.0195. The number of carbonyl (C=O) groups excluding carboxylic acids is 2. The highest BCUT2D eigenvalue weighted by Crippen LogP contribution is 2.23. The fourth-order valence-electron chi connectivity index (χ4n) is 9.96. The lowest BCUT2D eigenvalue weighted by Gasteiger charge is -2.40. The number of carbonyl (C=O) groups is 2. The molecule has 0 aliphatic carbocycles. The molecule has 11 nitrogen and oxygen atoms in total. The summed E-state index contributed by atoms with van der Waals surface area (Å²) in [6.45, 7) is 4.29. The van der Waals surface area contributed by atoms with Gasteiger partial charge in [-0.05, 0) is 89.9 Å². The highest BCUT2D eigenvalue weighted by Gasteiger charge is 2.44. The average molecular weight is 1090 g/mol. The Labute approximate surface area is 472 Å². The van der Waals surface area contributed by atoms with Gasteiger partial charge in [0.05, 0.1) is 32.0 Å². The zero-order valence-electron chi connectivity index (χ0n) is 49.7. The largest absolute Gasteiger partial charge is 0.466 e. The molecule has 1 fully saturated rings. The van der Waals surface area contributed by atoms with Crippen LogP contribution >= 0.6 is 0 Å². The molecule has 7 unspecified atom stereocenters. The van der Waals surface area contributed by atoms with Crippen molar-refractivity contribution in [1.82, 2.24) is 5.32 Å². The van der Waals surface area contributed by atoms with Crippen LogP contribution in [0.1, 0.15) is 296 Å². The topological polar surface area (TPSA) is 175 Å². The van der Waals surface area contributed by atoms with Crippen LogP contribution in [0, 0.1) is 0 Å². The number of aliphatic hydroxyl groups excluding tert-OH is 5. The first-order valence-electron chi connectivity index (χ1n) is 32.4. The number of ether oxygens (including phenoxy) is 3. The van der Waals surface area contributed by atoms with Crippen molar-refractivity contribution in [2.45, 2.75) is 339 Å². The SMILES string of the molecule is CCCC/C=C\CCCCCCCC(=O)OCCCCCCCCCCCCCC/C=C\CCCCCCCCCCC(=O)NC(COC1OC(CO)C(O)C(O)C1O)C(O)/C=C/CC/C=C/CCCCCCCCCC. The number of allylic oxidation sites excluding steroid dienone is 7. The number of hydrogen-bond acceptors (Lipinski definition) is 10. The molecular formula is C66H121NO10. The molecule has 0 aromatic rings. The number of aliphatic hydroxyl groups is 5. The Kier molecular flexibility index (Phi) is 52.4. The zero-order chi connectivity index (χ0) is 55.9. The minimum absolute atomic E-state index is 0.0104. The highest BCUT2D eigenvalue weighted by atomic mass is 16.7. The van der Waals surface area contributed by atoms with Crippen LogP contribution in [0.2, 0.25) is 0 Å². The summed E-state index contributed by atoms with van der Waals surface area (Å²) in [4.78, 5) is 25.1. The zero-order valence-corrected chi connectivity index (χ0v) is 49.7. The van der Waals surface area contributed by atoms with Gasteiger partial charge in [-0.1, -0.05) is 242 Å². The molecule has 1 rings (SSSR count). The van der Waals surface area contributed by atoms with E-state index in [0.29, 0.717) is 19.4 Å². The Bertz CT molecular complexity index is 1420. The van der Waals surface area contributed by atoms with Crippen LogP contribution in [0.25, 0.3) is 0 Å². The monoisotopic (exact) mass is 1090 g/mol. The molecule has 0 aromatic carbocycles. The summed E-state index contributed by atoms with van der Waals surface area (Å²) in [5, 5.41) is 54.4. The molecule has 450 valence electrons. The van der Waals surface area contributed by atoms with Gasteiger partial charge in [0.2, 0.25) is 5.91 Å². The van der Waals surface area contributed by atoms with Crippen LogP contribution in [-0.4, -0.2) is 100 Å². The van der Waals surface area contributed by atoms with Crippen LogP contribution in [-0.2, 0) is 23.8 Å². The lowest BCUT2D eigenvalue weighted by Crippen LogP contribution is -2.60. The average Bonchev–Trinajstić information content (AvgIpc) is 3.43.